The Morgan fingerprint density at radius 1 is 1.33 bits per heavy atom. The molecule has 6 nitrogen and oxygen atoms in total. The minimum absolute atomic E-state index is 0.0513. The maximum Gasteiger partial charge on any atom is 0.214 e. The Balaban J connectivity index is 2.67. The molecule has 0 fully saturated rings. The summed E-state index contributed by atoms with van der Waals surface area (Å²) in [5, 5.41) is 10.6. The lowest BCUT2D eigenvalue weighted by molar-refractivity contribution is 0.163. The first kappa shape index (κ1) is 18.4. The fraction of sp³-hybridized carbons (Fsp3) is 0.438. The number of aliphatic hydroxyl groups is 1. The molecule has 1 unspecified atom stereocenters. The van der Waals surface area contributed by atoms with Crippen LogP contribution in [0.2, 0.25) is 0 Å². The molecule has 1 aromatic carbocycles. The van der Waals surface area contributed by atoms with Crippen molar-refractivity contribution in [2.24, 2.45) is 10.9 Å². The van der Waals surface area contributed by atoms with Gasteiger partial charge < -0.3 is 10.0 Å². The summed E-state index contributed by atoms with van der Waals surface area (Å²) >= 11 is 0. The number of benzene rings is 1. The van der Waals surface area contributed by atoms with Gasteiger partial charge in [-0.2, -0.15) is 4.31 Å². The lowest BCUT2D eigenvalue weighted by atomic mass is 9.99. The quantitative estimate of drug-likeness (QED) is 0.898. The van der Waals surface area contributed by atoms with E-state index in [1.165, 1.54) is 19.2 Å². The average molecular weight is 355 g/mol. The first-order chi connectivity index (χ1) is 11.1. The van der Waals surface area contributed by atoms with Gasteiger partial charge in [-0.15, -0.1) is 0 Å². The number of nitrogens with zero attached hydrogens (tertiary/aromatic N) is 3. The highest BCUT2D eigenvalue weighted by Gasteiger charge is 2.35. The van der Waals surface area contributed by atoms with Crippen molar-refractivity contribution >= 4 is 15.7 Å². The third kappa shape index (κ3) is 3.29. The highest BCUT2D eigenvalue weighted by atomic mass is 32.2. The van der Waals surface area contributed by atoms with Crippen molar-refractivity contribution in [2.45, 2.75) is 20.1 Å². The minimum Gasteiger partial charge on any atom is -0.504 e. The molecule has 0 saturated carbocycles. The van der Waals surface area contributed by atoms with Crippen molar-refractivity contribution in [1.29, 1.82) is 0 Å². The third-order valence-electron chi connectivity index (χ3n) is 3.96. The van der Waals surface area contributed by atoms with Crippen LogP contribution in [0, 0.1) is 11.7 Å². The topological polar surface area (TPSA) is 73.2 Å². The van der Waals surface area contributed by atoms with E-state index in [1.807, 2.05) is 13.8 Å². The number of allylic oxidation sites excluding steroid dienone is 2. The summed E-state index contributed by atoms with van der Waals surface area (Å²) < 4.78 is 39.1. The lowest BCUT2D eigenvalue weighted by Gasteiger charge is -2.39. The Labute approximate surface area is 142 Å². The zero-order valence-corrected chi connectivity index (χ0v) is 15.2. The van der Waals surface area contributed by atoms with Crippen molar-refractivity contribution in [3.63, 3.8) is 0 Å². The van der Waals surface area contributed by atoms with Gasteiger partial charge in [0.2, 0.25) is 10.0 Å². The Morgan fingerprint density at radius 2 is 1.92 bits per heavy atom. The summed E-state index contributed by atoms with van der Waals surface area (Å²) in [5.41, 5.74) is 0.687. The molecule has 132 valence electrons. The summed E-state index contributed by atoms with van der Waals surface area (Å²) in [5.74, 6) is -0.783. The molecule has 8 heteroatoms. The van der Waals surface area contributed by atoms with Gasteiger partial charge in [0.15, 0.2) is 12.0 Å². The van der Waals surface area contributed by atoms with Gasteiger partial charge in [0.25, 0.3) is 0 Å². The number of aliphatic hydroxyl groups excluding tert-OH is 1. The maximum atomic E-state index is 14.2. The van der Waals surface area contributed by atoms with Crippen LogP contribution < -0.4 is 0 Å². The molecule has 2 rings (SSSR count). The fourth-order valence-corrected chi connectivity index (χ4v) is 3.23. The summed E-state index contributed by atoms with van der Waals surface area (Å²) in [4.78, 5) is 5.90. The molecule has 1 atom stereocenters. The summed E-state index contributed by atoms with van der Waals surface area (Å²) in [7, 11) is -0.477. The van der Waals surface area contributed by atoms with Gasteiger partial charge in [-0.1, -0.05) is 26.0 Å². The van der Waals surface area contributed by atoms with Crippen LogP contribution in [0.3, 0.4) is 0 Å². The van der Waals surface area contributed by atoms with Gasteiger partial charge in [-0.05, 0) is 18.1 Å². The van der Waals surface area contributed by atoms with E-state index < -0.39 is 22.1 Å². The smallest absolute Gasteiger partial charge is 0.214 e. The molecule has 0 radical (unpaired) electrons. The monoisotopic (exact) mass is 355 g/mol. The van der Waals surface area contributed by atoms with Crippen molar-refractivity contribution < 1.29 is 17.9 Å². The number of hydrogen-bond acceptors (Lipinski definition) is 5. The van der Waals surface area contributed by atoms with Gasteiger partial charge in [-0.25, -0.2) is 17.8 Å². The molecular weight excluding hydrogens is 333 g/mol. The molecule has 0 aliphatic carbocycles. The van der Waals surface area contributed by atoms with Crippen LogP contribution in [-0.2, 0) is 10.0 Å². The third-order valence-corrected chi connectivity index (χ3v) is 5.20. The van der Waals surface area contributed by atoms with Crippen molar-refractivity contribution in [1.82, 2.24) is 9.21 Å². The molecule has 0 amide bonds. The second-order valence-electron chi connectivity index (χ2n) is 6.08. The van der Waals surface area contributed by atoms with E-state index in [2.05, 4.69) is 4.99 Å². The molecule has 1 N–H and O–H groups in total. The number of aliphatic imine (C=N–C) groups is 1. The van der Waals surface area contributed by atoms with Gasteiger partial charge >= 0.3 is 0 Å². The molecule has 1 aromatic rings. The molecule has 24 heavy (non-hydrogen) atoms. The molecule has 1 aliphatic heterocycles. The van der Waals surface area contributed by atoms with E-state index in [4.69, 9.17) is 0 Å². The Morgan fingerprint density at radius 3 is 2.42 bits per heavy atom. The molecule has 0 saturated heterocycles. The van der Waals surface area contributed by atoms with Gasteiger partial charge in [0.05, 0.1) is 12.0 Å². The normalized spacial score (nSPS) is 19.2. The average Bonchev–Trinajstić information content (AvgIpc) is 2.46. The molecule has 1 heterocycles. The van der Waals surface area contributed by atoms with E-state index in [-0.39, 0.29) is 23.0 Å². The Bertz CT molecular complexity index is 803. The fourth-order valence-electron chi connectivity index (χ4n) is 2.70. The second-order valence-corrected chi connectivity index (χ2v) is 8.12. The molecule has 0 aromatic heterocycles. The highest BCUT2D eigenvalue weighted by molar-refractivity contribution is 7.88. The highest BCUT2D eigenvalue weighted by Crippen LogP contribution is 2.30. The van der Waals surface area contributed by atoms with Crippen LogP contribution in [-0.4, -0.2) is 55.1 Å². The number of rotatable bonds is 4. The van der Waals surface area contributed by atoms with Gasteiger partial charge in [0, 0.05) is 19.7 Å². The molecule has 1 aliphatic rings. The summed E-state index contributed by atoms with van der Waals surface area (Å²) in [6.07, 6.45) is 0.176. The van der Waals surface area contributed by atoms with Crippen LogP contribution in [0.25, 0.3) is 0 Å². The molecule has 0 spiro atoms. The first-order valence-corrected chi connectivity index (χ1v) is 9.32. The maximum absolute atomic E-state index is 14.2. The van der Waals surface area contributed by atoms with Crippen molar-refractivity contribution in [3.8, 4) is 0 Å². The standard InChI is InChI=1S/C16H22FN3O3S/c1-10(2)14-15(21)13(11-8-6-7-9-12(11)17)18-16(19(14)3)20(4)24(5,22)23/h6-10,16,21H,1-5H3. The predicted octanol–water partition coefficient (Wildman–Crippen LogP) is 2.16. The van der Waals surface area contributed by atoms with Crippen LogP contribution in [0.1, 0.15) is 19.4 Å². The SMILES string of the molecule is CC(C)C1=C(O)C(c2ccccc2F)=NC(N(C)S(C)(=O)=O)N1C. The minimum atomic E-state index is -3.53. The van der Waals surface area contributed by atoms with E-state index >= 15 is 0 Å². The summed E-state index contributed by atoms with van der Waals surface area (Å²) in [6, 6.07) is 5.95. The van der Waals surface area contributed by atoms with Crippen molar-refractivity contribution in [2.75, 3.05) is 20.4 Å². The largest absolute Gasteiger partial charge is 0.504 e. The van der Waals surface area contributed by atoms with Crippen LogP contribution in [0.15, 0.2) is 40.7 Å². The molecule has 0 bridgehead atoms. The second kappa shape index (κ2) is 6.52. The Hall–Kier alpha value is -1.93. The lowest BCUT2D eigenvalue weighted by Crippen LogP contribution is -2.49. The van der Waals surface area contributed by atoms with E-state index in [9.17, 15) is 17.9 Å². The zero-order valence-electron chi connectivity index (χ0n) is 14.4. The number of sulfonamides is 1. The van der Waals surface area contributed by atoms with E-state index in [0.717, 1.165) is 10.6 Å². The van der Waals surface area contributed by atoms with Crippen molar-refractivity contribution in [3.05, 3.63) is 47.1 Å². The Kier molecular flexibility index (Phi) is 5.00. The van der Waals surface area contributed by atoms with Gasteiger partial charge in [-0.3, -0.25) is 0 Å². The number of halogens is 1. The number of hydrogen-bond donors (Lipinski definition) is 1. The van der Waals surface area contributed by atoms with Gasteiger partial charge in [0.1, 0.15) is 11.5 Å². The van der Waals surface area contributed by atoms with E-state index in [1.54, 1.807) is 24.1 Å². The zero-order chi connectivity index (χ0) is 18.2. The van der Waals surface area contributed by atoms with Crippen LogP contribution in [0.5, 0.6) is 0 Å². The molecular formula is C16H22FN3O3S. The summed E-state index contributed by atoms with van der Waals surface area (Å²) in [6.45, 7) is 3.73. The van der Waals surface area contributed by atoms with Crippen LogP contribution in [0.4, 0.5) is 4.39 Å². The van der Waals surface area contributed by atoms with Crippen LogP contribution >= 0.6 is 0 Å². The first-order valence-electron chi connectivity index (χ1n) is 7.47. The van der Waals surface area contributed by atoms with E-state index in [0.29, 0.717) is 5.70 Å². The predicted molar refractivity (Wildman–Crippen MR) is 91.6 cm³/mol.